The Morgan fingerprint density at radius 1 is 0.211 bits per heavy atom. The van der Waals surface area contributed by atoms with Gasteiger partial charge >= 0.3 is 5.97 Å². The molecule has 14 atom stereocenters. The van der Waals surface area contributed by atoms with Crippen LogP contribution < -0.4 is 115 Å². The Morgan fingerprint density at radius 2 is 0.366 bits per heavy atom. The van der Waals surface area contributed by atoms with E-state index in [1.165, 1.54) is 0 Å². The lowest BCUT2D eigenvalue weighted by Gasteiger charge is -2.30. The highest BCUT2D eigenvalue weighted by Gasteiger charge is 2.39. The number of hydrogen-bond donors (Lipinski definition) is 22. The molecule has 0 radical (unpaired) electrons. The summed E-state index contributed by atoms with van der Waals surface area (Å²) >= 11 is 0. The number of amides is 14. The summed E-state index contributed by atoms with van der Waals surface area (Å²) in [5.74, 6) is -12.1. The number of aliphatic carboxylic acids is 1. The van der Waals surface area contributed by atoms with E-state index in [0.29, 0.717) is 109 Å². The number of carboxylic acids is 1. The van der Waals surface area contributed by atoms with Crippen molar-refractivity contribution < 1.29 is 77.0 Å². The van der Waals surface area contributed by atoms with E-state index in [9.17, 15) is 71.9 Å². The van der Waals surface area contributed by atoms with Gasteiger partial charge in [0, 0.05) is 6.42 Å². The number of primary amides is 1. The van der Waals surface area contributed by atoms with Gasteiger partial charge in [-0.3, -0.25) is 71.9 Å². The third-order valence-electron chi connectivity index (χ3n) is 20.6. The molecular weight excluding hydrogens is 1580 g/mol. The van der Waals surface area contributed by atoms with Gasteiger partial charge in [-0.25, -0.2) is 0 Å². The van der Waals surface area contributed by atoms with Crippen LogP contribution in [0.5, 0.6) is 0 Å². The number of nitrogens with two attached hydrogens (primary N) is 8. The molecule has 37 nitrogen and oxygen atoms in total. The fourth-order valence-corrected chi connectivity index (χ4v) is 14.0. The van der Waals surface area contributed by atoms with Crippen LogP contribution in [0.15, 0.2) is 0 Å². The first-order valence-electron chi connectivity index (χ1n) is 45.4. The van der Waals surface area contributed by atoms with Crippen LogP contribution in [0.25, 0.3) is 0 Å². The molecule has 30 N–H and O–H groups in total. The average molecular weight is 1750 g/mol. The highest BCUT2D eigenvalue weighted by Crippen LogP contribution is 2.19. The van der Waals surface area contributed by atoms with Crippen molar-refractivity contribution in [3.63, 3.8) is 0 Å². The minimum Gasteiger partial charge on any atom is -0.481 e. The molecule has 123 heavy (non-hydrogen) atoms. The molecule has 0 aliphatic carbocycles. The molecule has 0 heterocycles. The molecule has 0 fully saturated rings. The molecule has 37 heteroatoms. The minimum absolute atomic E-state index is 0.0217. The van der Waals surface area contributed by atoms with E-state index in [0.717, 1.165) is 0 Å². The zero-order chi connectivity index (χ0) is 93.4. The van der Waals surface area contributed by atoms with E-state index < -0.39 is 173 Å². The molecule has 0 bridgehead atoms. The Kier molecular flexibility index (Phi) is 61.0. The summed E-state index contributed by atoms with van der Waals surface area (Å²) in [6.45, 7) is 27.4. The second kappa shape index (κ2) is 65.4. The summed E-state index contributed by atoms with van der Waals surface area (Å²) < 4.78 is 0. The number of hydrogen-bond acceptors (Lipinski definition) is 22. The first-order chi connectivity index (χ1) is 58.0. The van der Waals surface area contributed by atoms with Gasteiger partial charge in [0.1, 0.15) is 78.5 Å². The van der Waals surface area contributed by atoms with Crippen LogP contribution in [0.1, 0.15) is 290 Å². The Hall–Kier alpha value is -8.23. The second-order valence-electron chi connectivity index (χ2n) is 35.9. The lowest BCUT2D eigenvalue weighted by Crippen LogP contribution is -2.61. The molecule has 0 spiro atoms. The van der Waals surface area contributed by atoms with Crippen LogP contribution in [0.3, 0.4) is 0 Å². The maximum Gasteiger partial charge on any atom is 0.303 e. The van der Waals surface area contributed by atoms with Gasteiger partial charge in [0.25, 0.3) is 0 Å². The summed E-state index contributed by atoms with van der Waals surface area (Å²) in [4.78, 5) is 212. The van der Waals surface area contributed by atoms with Gasteiger partial charge in [0.05, 0.1) is 6.04 Å². The number of carbonyl (C=O) groups is 15. The van der Waals surface area contributed by atoms with Crippen LogP contribution in [0.2, 0.25) is 0 Å². The zero-order valence-electron chi connectivity index (χ0n) is 76.8. The van der Waals surface area contributed by atoms with Crippen molar-refractivity contribution in [2.45, 2.75) is 374 Å². The molecule has 0 unspecified atom stereocenters. The van der Waals surface area contributed by atoms with Crippen molar-refractivity contribution in [3.8, 4) is 0 Å². The summed E-state index contributed by atoms with van der Waals surface area (Å²) in [6, 6.07) is -17.1. The molecule has 0 rings (SSSR count). The van der Waals surface area contributed by atoms with E-state index >= 15 is 0 Å². The Morgan fingerprint density at radius 3 is 0.537 bits per heavy atom. The highest BCUT2D eigenvalue weighted by atomic mass is 16.4. The average Bonchev–Trinajstić information content (AvgIpc) is 0.870. The normalized spacial score (nSPS) is 15.0. The SMILES string of the molecule is CC(C)C[C@H](NC(=O)[C@H](CCCCN)NC(=O)[C@H](CCCCN)NC(=O)[C@H](CC(C)C)NC(=O)[C@H](CC(C)C)NC(=O)[C@H](CCCCN)NC(=O)[C@H](CCCCN)NC(=O)[C@H](CC(C)C)NC(=O)[C@H](CC(C)C)NC(=O)[C@H](CCCCN)NC(=O)[C@H](CCCCN)NC(=O)[C@H](CC(C)C)NC(=O)[C@@H](N)CC(C)C)C(=O)N[C@@H](CCCCCC(=O)O)C(N)=O. The van der Waals surface area contributed by atoms with E-state index in [1.54, 1.807) is 0 Å². The largest absolute Gasteiger partial charge is 0.481 e. The number of carboxylic acid groups (broad SMARTS) is 1. The molecule has 0 aromatic rings. The Labute approximate surface area is 732 Å². The van der Waals surface area contributed by atoms with Crippen molar-refractivity contribution >= 4 is 88.7 Å². The van der Waals surface area contributed by atoms with Crippen LogP contribution in [-0.2, 0) is 71.9 Å². The van der Waals surface area contributed by atoms with Crippen molar-refractivity contribution in [1.29, 1.82) is 0 Å². The standard InChI is InChI=1S/C86H165N21O16/c1-51(2)44-58(93)74(111)102-66(45-52(3)4)82(119)99-60(31-18-24-38-87)75(112)97-64(35-22-28-42-91)79(116)104-70(49-56(11)12)85(122)107-69(48-55(9)10)84(121)101-62(33-20-26-40-89)77(114)98-65(36-23-29-43-92)80(117)105-71(50-57(13)14)86(123)106-68(47-54(7)8)83(120)100-61(32-19-25-39-88)76(113)96-63(34-21-27-41-90)78(115)103-67(46-53(5)6)81(118)95-59(73(94)110)30-16-15-17-37-72(108)109/h51-71H,15-50,87-93H2,1-14H3,(H2,94,110)(H,95,118)(H,96,113)(H,97,112)(H,98,114)(H,99,119)(H,100,120)(H,101,121)(H,102,111)(H,103,115)(H,104,116)(H,105,117)(H,106,123)(H,107,122)(H,108,109)/t58-,59-,60-,61-,62-,63-,64-,65-,66-,67-,68-,69-,70-,71-/m0/s1. The molecule has 0 saturated heterocycles. The smallest absolute Gasteiger partial charge is 0.303 e. The van der Waals surface area contributed by atoms with Crippen LogP contribution >= 0.6 is 0 Å². The van der Waals surface area contributed by atoms with Crippen LogP contribution in [-0.4, -0.2) is 218 Å². The van der Waals surface area contributed by atoms with Gasteiger partial charge < -0.3 is 120 Å². The molecule has 710 valence electrons. The van der Waals surface area contributed by atoms with Gasteiger partial charge in [-0.15, -0.1) is 0 Å². The first-order valence-corrected chi connectivity index (χ1v) is 45.4. The van der Waals surface area contributed by atoms with E-state index in [4.69, 9.17) is 51.0 Å². The maximum absolute atomic E-state index is 14.9. The fraction of sp³-hybridized carbons (Fsp3) is 0.826. The number of unbranched alkanes of at least 4 members (excludes halogenated alkanes) is 8. The lowest BCUT2D eigenvalue weighted by atomic mass is 9.98. The van der Waals surface area contributed by atoms with E-state index in [1.807, 2.05) is 96.9 Å². The Balaban J connectivity index is 7.39. The predicted octanol–water partition coefficient (Wildman–Crippen LogP) is 1.23. The van der Waals surface area contributed by atoms with Crippen molar-refractivity contribution in [1.82, 2.24) is 69.1 Å². The molecule has 0 aromatic heterocycles. The molecule has 0 aliphatic rings. The summed E-state index contributed by atoms with van der Waals surface area (Å²) in [7, 11) is 0. The fourth-order valence-electron chi connectivity index (χ4n) is 14.0. The van der Waals surface area contributed by atoms with Gasteiger partial charge in [-0.1, -0.05) is 110 Å². The zero-order valence-corrected chi connectivity index (χ0v) is 76.8. The van der Waals surface area contributed by atoms with Crippen LogP contribution in [0, 0.1) is 41.4 Å². The van der Waals surface area contributed by atoms with Gasteiger partial charge in [0.2, 0.25) is 82.7 Å². The lowest BCUT2D eigenvalue weighted by molar-refractivity contribution is -0.137. The quantitative estimate of drug-likeness (QED) is 0.0381. The maximum atomic E-state index is 14.9. The summed E-state index contributed by atoms with van der Waals surface area (Å²) in [5.41, 5.74) is 47.3. The summed E-state index contributed by atoms with van der Waals surface area (Å²) in [6.07, 6.45) is 7.48. The van der Waals surface area contributed by atoms with Crippen LogP contribution in [0.4, 0.5) is 0 Å². The van der Waals surface area contributed by atoms with Gasteiger partial charge in [0.15, 0.2) is 0 Å². The molecule has 0 aliphatic heterocycles. The van der Waals surface area contributed by atoms with Gasteiger partial charge in [-0.2, -0.15) is 0 Å². The van der Waals surface area contributed by atoms with Crippen molar-refractivity contribution in [2.75, 3.05) is 39.3 Å². The molecule has 0 aromatic carbocycles. The molecule has 0 saturated carbocycles. The van der Waals surface area contributed by atoms with Crippen molar-refractivity contribution in [3.05, 3.63) is 0 Å². The second-order valence-corrected chi connectivity index (χ2v) is 35.9. The molecular formula is C86H165N21O16. The Bertz CT molecular complexity index is 3160. The predicted molar refractivity (Wildman–Crippen MR) is 477 cm³/mol. The van der Waals surface area contributed by atoms with Crippen molar-refractivity contribution in [2.24, 2.45) is 87.3 Å². The third kappa shape index (κ3) is 51.7. The highest BCUT2D eigenvalue weighted by molar-refractivity contribution is 6.00. The topological polar surface area (TPSA) is 641 Å². The monoisotopic (exact) mass is 1750 g/mol. The van der Waals surface area contributed by atoms with Gasteiger partial charge in [-0.05, 0) is 254 Å². The minimum atomic E-state index is -1.33. The number of carbonyl (C=O) groups excluding carboxylic acids is 14. The number of rotatable bonds is 71. The first kappa shape index (κ1) is 115. The van der Waals surface area contributed by atoms with E-state index in [2.05, 4.69) is 69.1 Å². The van der Waals surface area contributed by atoms with E-state index in [-0.39, 0.29) is 164 Å². The summed E-state index contributed by atoms with van der Waals surface area (Å²) in [5, 5.41) is 45.5. The number of nitrogens with one attached hydrogen (secondary N) is 13. The third-order valence-corrected chi connectivity index (χ3v) is 20.6. The molecule has 14 amide bonds.